The third-order valence-electron chi connectivity index (χ3n) is 6.12. The molecule has 0 bridgehead atoms. The second-order valence-corrected chi connectivity index (χ2v) is 8.32. The Morgan fingerprint density at radius 3 is 2.69 bits per heavy atom. The molecule has 0 radical (unpaired) electrons. The molecule has 9 heteroatoms. The molecule has 0 spiro atoms. The lowest BCUT2D eigenvalue weighted by atomic mass is 10.0. The van der Waals surface area contributed by atoms with Gasteiger partial charge in [-0.25, -0.2) is 4.79 Å². The average molecular weight is 441 g/mol. The zero-order chi connectivity index (χ0) is 23.0. The molecule has 0 saturated heterocycles. The number of aromatic hydroxyl groups is 1. The van der Waals surface area contributed by atoms with Gasteiger partial charge in [-0.15, -0.1) is 0 Å². The number of amides is 1. The number of ether oxygens (including phenoxy) is 1. The van der Waals surface area contributed by atoms with Gasteiger partial charge in [0, 0.05) is 37.8 Å². The van der Waals surface area contributed by atoms with Crippen LogP contribution in [0.4, 0.5) is 5.69 Å². The quantitative estimate of drug-likeness (QED) is 0.517. The van der Waals surface area contributed by atoms with Crippen molar-refractivity contribution in [2.45, 2.75) is 32.0 Å². The number of aryl methyl sites for hydroxylation is 2. The fourth-order valence-electron chi connectivity index (χ4n) is 4.13. The van der Waals surface area contributed by atoms with Gasteiger partial charge in [0.05, 0.1) is 22.8 Å². The number of carbonyl (C=O) groups excluding carboxylic acids is 1. The Hall–Kier alpha value is -3.30. The summed E-state index contributed by atoms with van der Waals surface area (Å²) in [4.78, 5) is 26.2. The van der Waals surface area contributed by atoms with Crippen molar-refractivity contribution in [3.63, 3.8) is 0 Å². The molecular formula is C23H28N4O5. The van der Waals surface area contributed by atoms with Gasteiger partial charge in [0.25, 0.3) is 5.91 Å². The van der Waals surface area contributed by atoms with E-state index in [2.05, 4.69) is 5.32 Å². The monoisotopic (exact) mass is 440 g/mol. The van der Waals surface area contributed by atoms with Gasteiger partial charge < -0.3 is 25.2 Å². The number of phenolic OH excluding ortho intramolecular Hbond substituents is 1. The predicted octanol–water partition coefficient (Wildman–Crippen LogP) is 1.82. The molecule has 2 atom stereocenters. The topological polar surface area (TPSA) is 109 Å². The maximum atomic E-state index is 12.6. The number of likely N-dealkylation sites (N-methyl/N-ethyl adjacent to an activating group) is 1. The first-order valence-corrected chi connectivity index (χ1v) is 10.6. The summed E-state index contributed by atoms with van der Waals surface area (Å²) in [5.41, 5.74) is 2.52. The molecule has 0 aliphatic carbocycles. The number of benzene rings is 2. The first kappa shape index (κ1) is 21.9. The number of carbonyl (C=O) groups is 1. The molecule has 0 saturated carbocycles. The third-order valence-corrected chi connectivity index (χ3v) is 6.12. The van der Waals surface area contributed by atoms with Gasteiger partial charge >= 0.3 is 5.69 Å². The second kappa shape index (κ2) is 8.68. The van der Waals surface area contributed by atoms with Gasteiger partial charge in [-0.1, -0.05) is 12.1 Å². The van der Waals surface area contributed by atoms with E-state index in [0.717, 1.165) is 11.0 Å². The molecule has 0 fully saturated rings. The largest absolute Gasteiger partial charge is 0.508 e. The van der Waals surface area contributed by atoms with Crippen molar-refractivity contribution in [1.82, 2.24) is 14.0 Å². The smallest absolute Gasteiger partial charge is 0.328 e. The number of rotatable bonds is 7. The van der Waals surface area contributed by atoms with Crippen molar-refractivity contribution in [3.8, 4) is 11.5 Å². The summed E-state index contributed by atoms with van der Waals surface area (Å²) in [5, 5.41) is 23.5. The number of fused-ring (bicyclic) bond motifs is 2. The minimum atomic E-state index is -0.932. The Morgan fingerprint density at radius 1 is 1.22 bits per heavy atom. The van der Waals surface area contributed by atoms with E-state index < -0.39 is 6.10 Å². The Morgan fingerprint density at radius 2 is 1.94 bits per heavy atom. The van der Waals surface area contributed by atoms with Crippen molar-refractivity contribution in [1.29, 1.82) is 0 Å². The highest BCUT2D eigenvalue weighted by molar-refractivity contribution is 5.96. The van der Waals surface area contributed by atoms with Crippen LogP contribution in [0.1, 0.15) is 25.0 Å². The number of nitrogens with zero attached hydrogens (tertiary/aromatic N) is 3. The number of aromatic nitrogens is 2. The highest BCUT2D eigenvalue weighted by Crippen LogP contribution is 2.39. The van der Waals surface area contributed by atoms with E-state index in [0.29, 0.717) is 36.5 Å². The van der Waals surface area contributed by atoms with Gasteiger partial charge in [0.2, 0.25) is 0 Å². The standard InChI is InChI=1S/C23H28N4O5/c1-14(8-9-27-19-7-5-4-6-18(19)26(3)23(27)31)25(2)12-20(29)16-10-15(28)11-17-22(16)32-13-21(30)24-17/h4-7,10-11,14,20,28-29H,8-9,12-13H2,1-3H3,(H,24,30). The molecule has 2 unspecified atom stereocenters. The van der Waals surface area contributed by atoms with Crippen LogP contribution in [0.2, 0.25) is 0 Å². The summed E-state index contributed by atoms with van der Waals surface area (Å²) in [6, 6.07) is 10.6. The van der Waals surface area contributed by atoms with E-state index in [1.807, 2.05) is 43.1 Å². The zero-order valence-electron chi connectivity index (χ0n) is 18.4. The normalized spacial score (nSPS) is 15.3. The van der Waals surface area contributed by atoms with Crippen LogP contribution in [0.3, 0.4) is 0 Å². The maximum absolute atomic E-state index is 12.6. The Balaban J connectivity index is 1.45. The highest BCUT2D eigenvalue weighted by atomic mass is 16.5. The number of hydrogen-bond acceptors (Lipinski definition) is 6. The summed E-state index contributed by atoms with van der Waals surface area (Å²) < 4.78 is 8.93. The second-order valence-electron chi connectivity index (χ2n) is 8.32. The van der Waals surface area contributed by atoms with E-state index >= 15 is 0 Å². The molecule has 3 N–H and O–H groups in total. The number of aliphatic hydroxyl groups excluding tert-OH is 1. The summed E-state index contributed by atoms with van der Waals surface area (Å²) >= 11 is 0. The summed E-state index contributed by atoms with van der Waals surface area (Å²) in [6.07, 6.45) is -0.222. The maximum Gasteiger partial charge on any atom is 0.328 e. The molecule has 2 heterocycles. The SMILES string of the molecule is CC(CCn1c(=O)n(C)c2ccccc21)N(C)CC(O)c1cc(O)cc2c1OCC(=O)N2. The summed E-state index contributed by atoms with van der Waals surface area (Å²) in [7, 11) is 3.67. The predicted molar refractivity (Wildman–Crippen MR) is 121 cm³/mol. The number of aliphatic hydroxyl groups is 1. The van der Waals surface area contributed by atoms with E-state index in [1.165, 1.54) is 12.1 Å². The van der Waals surface area contributed by atoms with E-state index in [1.54, 1.807) is 16.2 Å². The molecule has 170 valence electrons. The van der Waals surface area contributed by atoms with Crippen molar-refractivity contribution in [2.75, 3.05) is 25.5 Å². The van der Waals surface area contributed by atoms with Crippen molar-refractivity contribution < 1.29 is 19.7 Å². The molecular weight excluding hydrogens is 412 g/mol. The van der Waals surface area contributed by atoms with Crippen LogP contribution in [0, 0.1) is 0 Å². The highest BCUT2D eigenvalue weighted by Gasteiger charge is 2.26. The zero-order valence-corrected chi connectivity index (χ0v) is 18.4. The van der Waals surface area contributed by atoms with E-state index in [9.17, 15) is 19.8 Å². The number of nitrogens with one attached hydrogen (secondary N) is 1. The third kappa shape index (κ3) is 4.09. The fraction of sp³-hybridized carbons (Fsp3) is 0.391. The average Bonchev–Trinajstić information content (AvgIpc) is 3.01. The van der Waals surface area contributed by atoms with Crippen LogP contribution in [-0.4, -0.2) is 56.4 Å². The minimum absolute atomic E-state index is 0.0494. The van der Waals surface area contributed by atoms with Crippen LogP contribution < -0.4 is 15.7 Å². The molecule has 9 nitrogen and oxygen atoms in total. The first-order chi connectivity index (χ1) is 15.3. The lowest BCUT2D eigenvalue weighted by Crippen LogP contribution is -2.35. The lowest BCUT2D eigenvalue weighted by Gasteiger charge is -2.29. The number of phenols is 1. The Kier molecular flexibility index (Phi) is 5.94. The van der Waals surface area contributed by atoms with Crippen LogP contribution >= 0.6 is 0 Å². The van der Waals surface area contributed by atoms with E-state index in [4.69, 9.17) is 4.74 Å². The van der Waals surface area contributed by atoms with Gasteiger partial charge in [-0.2, -0.15) is 0 Å². The molecule has 1 aliphatic rings. The van der Waals surface area contributed by atoms with Crippen LogP contribution in [0.15, 0.2) is 41.2 Å². The molecule has 3 aromatic rings. The van der Waals surface area contributed by atoms with Crippen LogP contribution in [0.5, 0.6) is 11.5 Å². The number of imidazole rings is 1. The molecule has 1 aromatic heterocycles. The first-order valence-electron chi connectivity index (χ1n) is 10.6. The molecule has 32 heavy (non-hydrogen) atoms. The Bertz CT molecular complexity index is 1220. The summed E-state index contributed by atoms with van der Waals surface area (Å²) in [6.45, 7) is 2.75. The number of anilines is 1. The van der Waals surface area contributed by atoms with Gasteiger partial charge in [0.15, 0.2) is 6.61 Å². The van der Waals surface area contributed by atoms with Gasteiger partial charge in [0.1, 0.15) is 11.5 Å². The minimum Gasteiger partial charge on any atom is -0.508 e. The summed E-state index contributed by atoms with van der Waals surface area (Å²) in [5.74, 6) is 0.00542. The molecule has 2 aromatic carbocycles. The molecule has 4 rings (SSSR count). The molecule has 1 amide bonds. The van der Waals surface area contributed by atoms with E-state index in [-0.39, 0.29) is 30.0 Å². The lowest BCUT2D eigenvalue weighted by molar-refractivity contribution is -0.118. The number of para-hydroxylation sites is 2. The Labute approximate surface area is 185 Å². The van der Waals surface area contributed by atoms with Crippen LogP contribution in [0.25, 0.3) is 11.0 Å². The molecule has 1 aliphatic heterocycles. The van der Waals surface area contributed by atoms with Gasteiger partial charge in [-0.05, 0) is 38.6 Å². The van der Waals surface area contributed by atoms with Gasteiger partial charge in [-0.3, -0.25) is 13.9 Å². The van der Waals surface area contributed by atoms with Crippen molar-refractivity contribution in [2.24, 2.45) is 7.05 Å². The van der Waals surface area contributed by atoms with Crippen molar-refractivity contribution >= 4 is 22.6 Å². The van der Waals surface area contributed by atoms with Crippen molar-refractivity contribution in [3.05, 3.63) is 52.4 Å². The fourth-order valence-corrected chi connectivity index (χ4v) is 4.13. The number of hydrogen-bond donors (Lipinski definition) is 3. The van der Waals surface area contributed by atoms with Crippen LogP contribution in [-0.2, 0) is 18.4 Å².